The zero-order valence-corrected chi connectivity index (χ0v) is 27.4. The molecule has 2 aromatic heterocycles. The highest BCUT2D eigenvalue weighted by Gasteiger charge is 2.21. The summed E-state index contributed by atoms with van der Waals surface area (Å²) in [6.45, 7) is 12.3. The van der Waals surface area contributed by atoms with Crippen molar-refractivity contribution in [1.82, 2.24) is 19.9 Å². The van der Waals surface area contributed by atoms with Gasteiger partial charge in [0.2, 0.25) is 11.9 Å². The predicted octanol–water partition coefficient (Wildman–Crippen LogP) is 8.79. The second-order valence-electron chi connectivity index (χ2n) is 12.4. The monoisotopic (exact) mass is 590 g/mol. The van der Waals surface area contributed by atoms with Crippen LogP contribution in [-0.4, -0.2) is 46.1 Å². The maximum atomic E-state index is 4.77. The fraction of sp³-hybridized carbons (Fsp3) is 0.474. The molecule has 0 N–H and O–H groups in total. The standard InChI is InChI=1S/C38H50N6/c1-5-7-9-11-13-31-23-33(17-15-29(31)3)35-25-39-37(40-26-35)43-19-21-44(22-20-43)38-41-27-36(28-42-38)34-18-16-30(4)32(24-34)14-12-10-8-6-2/h15-18,23-28H,5-14,19-22H2,1-4H3. The first-order valence-corrected chi connectivity index (χ1v) is 16.9. The van der Waals surface area contributed by atoms with Crippen molar-refractivity contribution in [2.75, 3.05) is 36.0 Å². The number of hydrogen-bond acceptors (Lipinski definition) is 6. The molecule has 0 aliphatic carbocycles. The van der Waals surface area contributed by atoms with Crippen molar-refractivity contribution in [3.63, 3.8) is 0 Å². The molecule has 5 rings (SSSR count). The third-order valence-corrected chi connectivity index (χ3v) is 9.09. The summed E-state index contributed by atoms with van der Waals surface area (Å²) in [4.78, 5) is 23.6. The first-order chi connectivity index (χ1) is 21.6. The van der Waals surface area contributed by atoms with Crippen molar-refractivity contribution in [2.24, 2.45) is 0 Å². The first-order valence-electron chi connectivity index (χ1n) is 16.9. The Morgan fingerprint density at radius 2 is 0.886 bits per heavy atom. The van der Waals surface area contributed by atoms with Gasteiger partial charge in [0, 0.05) is 62.1 Å². The van der Waals surface area contributed by atoms with Crippen LogP contribution in [-0.2, 0) is 12.8 Å². The Morgan fingerprint density at radius 3 is 1.25 bits per heavy atom. The number of piperazine rings is 1. The molecule has 0 unspecified atom stereocenters. The van der Waals surface area contributed by atoms with E-state index >= 15 is 0 Å². The highest BCUT2D eigenvalue weighted by Crippen LogP contribution is 2.26. The van der Waals surface area contributed by atoms with Crippen LogP contribution >= 0.6 is 0 Å². The van der Waals surface area contributed by atoms with Crippen molar-refractivity contribution >= 4 is 11.9 Å². The van der Waals surface area contributed by atoms with Gasteiger partial charge >= 0.3 is 0 Å². The minimum atomic E-state index is 0.793. The molecule has 0 atom stereocenters. The number of hydrogen-bond donors (Lipinski definition) is 0. The van der Waals surface area contributed by atoms with Crippen molar-refractivity contribution in [2.45, 2.75) is 91.9 Å². The van der Waals surface area contributed by atoms with Gasteiger partial charge < -0.3 is 9.80 Å². The molecule has 232 valence electrons. The van der Waals surface area contributed by atoms with Crippen LogP contribution in [0.15, 0.2) is 61.2 Å². The van der Waals surface area contributed by atoms with Gasteiger partial charge in [-0.15, -0.1) is 0 Å². The summed E-state index contributed by atoms with van der Waals surface area (Å²) in [7, 11) is 0. The van der Waals surface area contributed by atoms with E-state index in [1.54, 1.807) is 0 Å². The van der Waals surface area contributed by atoms with E-state index in [2.05, 4.69) is 73.9 Å². The molecule has 0 spiro atoms. The Bertz CT molecular complexity index is 1340. The molecule has 4 aromatic rings. The highest BCUT2D eigenvalue weighted by atomic mass is 15.3. The number of benzene rings is 2. The lowest BCUT2D eigenvalue weighted by Gasteiger charge is -2.34. The van der Waals surface area contributed by atoms with E-state index in [0.717, 1.165) is 62.0 Å². The van der Waals surface area contributed by atoms with Crippen LogP contribution < -0.4 is 9.80 Å². The molecule has 0 bridgehead atoms. The summed E-state index contributed by atoms with van der Waals surface area (Å²) in [6.07, 6.45) is 20.5. The normalized spacial score (nSPS) is 13.5. The van der Waals surface area contributed by atoms with Gasteiger partial charge in [0.15, 0.2) is 0 Å². The lowest BCUT2D eigenvalue weighted by atomic mass is 9.97. The summed E-state index contributed by atoms with van der Waals surface area (Å²) in [6, 6.07) is 13.5. The lowest BCUT2D eigenvalue weighted by Crippen LogP contribution is -2.47. The molecule has 44 heavy (non-hydrogen) atoms. The Hall–Kier alpha value is -3.80. The highest BCUT2D eigenvalue weighted by molar-refractivity contribution is 5.65. The van der Waals surface area contributed by atoms with Crippen molar-refractivity contribution in [1.29, 1.82) is 0 Å². The van der Waals surface area contributed by atoms with E-state index < -0.39 is 0 Å². The molecule has 6 heteroatoms. The topological polar surface area (TPSA) is 58.0 Å². The Balaban J connectivity index is 1.16. The molecule has 6 nitrogen and oxygen atoms in total. The Morgan fingerprint density at radius 1 is 0.500 bits per heavy atom. The summed E-state index contributed by atoms with van der Waals surface area (Å²) in [5.74, 6) is 1.59. The molecule has 0 saturated carbocycles. The van der Waals surface area contributed by atoms with Gasteiger partial charge in [0.25, 0.3) is 0 Å². The Kier molecular flexibility index (Phi) is 11.3. The molecule has 1 saturated heterocycles. The third kappa shape index (κ3) is 8.22. The zero-order valence-electron chi connectivity index (χ0n) is 27.4. The molecule has 3 heterocycles. The van der Waals surface area contributed by atoms with Gasteiger partial charge in [-0.05, 0) is 72.9 Å². The van der Waals surface area contributed by atoms with Crippen LogP contribution in [0.4, 0.5) is 11.9 Å². The van der Waals surface area contributed by atoms with Crippen molar-refractivity contribution in [3.8, 4) is 22.3 Å². The molecular formula is C38H50N6. The minimum absolute atomic E-state index is 0.793. The van der Waals surface area contributed by atoms with Crippen LogP contribution in [0.2, 0.25) is 0 Å². The number of aryl methyl sites for hydroxylation is 4. The van der Waals surface area contributed by atoms with Crippen LogP contribution in [0.25, 0.3) is 22.3 Å². The smallest absolute Gasteiger partial charge is 0.225 e. The quantitative estimate of drug-likeness (QED) is 0.137. The van der Waals surface area contributed by atoms with E-state index in [0.29, 0.717) is 0 Å². The van der Waals surface area contributed by atoms with Crippen LogP contribution in [0.3, 0.4) is 0 Å². The fourth-order valence-electron chi connectivity index (χ4n) is 6.10. The SMILES string of the molecule is CCCCCCc1cc(-c2cnc(N3CCN(c4ncc(-c5ccc(C)c(CCCCCC)c5)cn4)CC3)nc2)ccc1C. The molecule has 0 radical (unpaired) electrons. The van der Waals surface area contributed by atoms with Gasteiger partial charge in [-0.1, -0.05) is 88.8 Å². The summed E-state index contributed by atoms with van der Waals surface area (Å²) in [5, 5.41) is 0. The van der Waals surface area contributed by atoms with E-state index in [4.69, 9.17) is 19.9 Å². The largest absolute Gasteiger partial charge is 0.337 e. The maximum Gasteiger partial charge on any atom is 0.225 e. The van der Waals surface area contributed by atoms with E-state index in [9.17, 15) is 0 Å². The zero-order chi connectivity index (χ0) is 30.7. The van der Waals surface area contributed by atoms with Crippen molar-refractivity contribution in [3.05, 3.63) is 83.4 Å². The van der Waals surface area contributed by atoms with Gasteiger partial charge in [0.05, 0.1) is 0 Å². The van der Waals surface area contributed by atoms with Gasteiger partial charge in [0.1, 0.15) is 0 Å². The average molecular weight is 591 g/mol. The fourth-order valence-corrected chi connectivity index (χ4v) is 6.10. The number of aromatic nitrogens is 4. The first kappa shape index (κ1) is 31.6. The number of anilines is 2. The van der Waals surface area contributed by atoms with Gasteiger partial charge in [-0.25, -0.2) is 19.9 Å². The second kappa shape index (κ2) is 15.8. The van der Waals surface area contributed by atoms with Gasteiger partial charge in [-0.2, -0.15) is 0 Å². The molecular weight excluding hydrogens is 540 g/mol. The van der Waals surface area contributed by atoms with Gasteiger partial charge in [-0.3, -0.25) is 0 Å². The summed E-state index contributed by atoms with van der Waals surface area (Å²) in [5.41, 5.74) is 10.2. The summed E-state index contributed by atoms with van der Waals surface area (Å²) < 4.78 is 0. The van der Waals surface area contributed by atoms with Crippen LogP contribution in [0, 0.1) is 13.8 Å². The molecule has 1 aliphatic heterocycles. The predicted molar refractivity (Wildman–Crippen MR) is 185 cm³/mol. The summed E-state index contributed by atoms with van der Waals surface area (Å²) >= 11 is 0. The number of nitrogens with zero attached hydrogens (tertiary/aromatic N) is 6. The number of unbranched alkanes of at least 4 members (excludes halogenated alkanes) is 6. The average Bonchev–Trinajstić information content (AvgIpc) is 3.07. The van der Waals surface area contributed by atoms with Crippen molar-refractivity contribution < 1.29 is 0 Å². The minimum Gasteiger partial charge on any atom is -0.337 e. The molecule has 0 amide bonds. The van der Waals surface area contributed by atoms with E-state index in [1.165, 1.54) is 84.7 Å². The third-order valence-electron chi connectivity index (χ3n) is 9.09. The van der Waals surface area contributed by atoms with E-state index in [1.807, 2.05) is 24.8 Å². The molecule has 1 aliphatic rings. The number of rotatable bonds is 14. The maximum absolute atomic E-state index is 4.77. The van der Waals surface area contributed by atoms with Crippen LogP contribution in [0.5, 0.6) is 0 Å². The molecule has 2 aromatic carbocycles. The second-order valence-corrected chi connectivity index (χ2v) is 12.4. The molecule has 1 fully saturated rings. The lowest BCUT2D eigenvalue weighted by molar-refractivity contribution is 0.628. The van der Waals surface area contributed by atoms with Crippen LogP contribution in [0.1, 0.15) is 87.5 Å². The van der Waals surface area contributed by atoms with E-state index in [-0.39, 0.29) is 0 Å². The Labute approximate surface area is 265 Å².